The molecule has 128 valence electrons. The topological polar surface area (TPSA) is 64.6 Å². The molecule has 0 saturated carbocycles. The molecule has 1 aliphatic heterocycles. The van der Waals surface area contributed by atoms with Crippen LogP contribution < -0.4 is 9.46 Å². The van der Waals surface area contributed by atoms with Crippen molar-refractivity contribution in [3.8, 4) is 5.75 Å². The Hall–Kier alpha value is -2.05. The first kappa shape index (κ1) is 16.8. The summed E-state index contributed by atoms with van der Waals surface area (Å²) in [5, 5.41) is 0. The first-order valence-corrected chi connectivity index (χ1v) is 9.46. The zero-order chi connectivity index (χ0) is 17.0. The number of hydrogen-bond donors (Lipinski definition) is 1. The quantitative estimate of drug-likeness (QED) is 0.870. The summed E-state index contributed by atoms with van der Waals surface area (Å²) in [5.41, 5.74) is 1.44. The number of sulfonamides is 1. The van der Waals surface area contributed by atoms with Crippen LogP contribution in [-0.4, -0.2) is 27.7 Å². The third-order valence-electron chi connectivity index (χ3n) is 3.91. The van der Waals surface area contributed by atoms with Crippen molar-refractivity contribution in [2.45, 2.75) is 30.8 Å². The summed E-state index contributed by atoms with van der Waals surface area (Å²) >= 11 is 0. The Morgan fingerprint density at radius 3 is 2.62 bits per heavy atom. The largest absolute Gasteiger partial charge is 0.489 e. The van der Waals surface area contributed by atoms with Crippen LogP contribution in [0, 0.1) is 6.92 Å². The van der Waals surface area contributed by atoms with Crippen molar-refractivity contribution in [2.75, 3.05) is 17.9 Å². The number of nitrogens with one attached hydrogen (secondary N) is 1. The molecule has 0 bridgehead atoms. The molecule has 2 aromatic carbocycles. The van der Waals surface area contributed by atoms with Crippen molar-refractivity contribution in [1.82, 2.24) is 0 Å². The standard InChI is InChI=1S/C18H21NO4S/c1-14-8-10-16(11-9-14)24(20,21)19-17-6-2-3-7-18(17)23-13-15-5-4-12-22-15/h2-3,6-11,15,19H,4-5,12-13H2,1H3. The van der Waals surface area contributed by atoms with Gasteiger partial charge in [-0.1, -0.05) is 29.8 Å². The van der Waals surface area contributed by atoms with Crippen molar-refractivity contribution in [2.24, 2.45) is 0 Å². The number of aryl methyl sites for hydroxylation is 1. The fourth-order valence-corrected chi connectivity index (χ4v) is 3.63. The highest BCUT2D eigenvalue weighted by atomic mass is 32.2. The number of benzene rings is 2. The van der Waals surface area contributed by atoms with Crippen LogP contribution in [-0.2, 0) is 14.8 Å². The van der Waals surface area contributed by atoms with Gasteiger partial charge in [0, 0.05) is 6.61 Å². The minimum atomic E-state index is -3.65. The smallest absolute Gasteiger partial charge is 0.262 e. The van der Waals surface area contributed by atoms with E-state index in [-0.39, 0.29) is 11.0 Å². The summed E-state index contributed by atoms with van der Waals surface area (Å²) in [7, 11) is -3.65. The van der Waals surface area contributed by atoms with Crippen LogP contribution in [0.25, 0.3) is 0 Å². The van der Waals surface area contributed by atoms with Crippen LogP contribution in [0.2, 0.25) is 0 Å². The molecule has 6 heteroatoms. The maximum absolute atomic E-state index is 12.5. The predicted molar refractivity (Wildman–Crippen MR) is 92.9 cm³/mol. The highest BCUT2D eigenvalue weighted by Gasteiger charge is 2.19. The van der Waals surface area contributed by atoms with Gasteiger partial charge in [-0.05, 0) is 44.0 Å². The molecular formula is C18H21NO4S. The molecule has 1 aliphatic rings. The molecule has 3 rings (SSSR count). The molecule has 1 saturated heterocycles. The third kappa shape index (κ3) is 4.07. The number of anilines is 1. The summed E-state index contributed by atoms with van der Waals surface area (Å²) in [6.07, 6.45) is 2.08. The Balaban J connectivity index is 1.75. The minimum absolute atomic E-state index is 0.0757. The van der Waals surface area contributed by atoms with Crippen molar-refractivity contribution in [3.63, 3.8) is 0 Å². The SMILES string of the molecule is Cc1ccc(S(=O)(=O)Nc2ccccc2OCC2CCCO2)cc1. The number of rotatable bonds is 6. The molecule has 1 N–H and O–H groups in total. The van der Waals surface area contributed by atoms with E-state index in [0.29, 0.717) is 18.0 Å². The second-order valence-electron chi connectivity index (χ2n) is 5.86. The van der Waals surface area contributed by atoms with Gasteiger partial charge in [0.25, 0.3) is 10.0 Å². The Morgan fingerprint density at radius 2 is 1.92 bits per heavy atom. The van der Waals surface area contributed by atoms with E-state index in [1.807, 2.05) is 13.0 Å². The normalized spacial score (nSPS) is 17.6. The van der Waals surface area contributed by atoms with E-state index >= 15 is 0 Å². The third-order valence-corrected chi connectivity index (χ3v) is 5.29. The molecular weight excluding hydrogens is 326 g/mol. The fourth-order valence-electron chi connectivity index (χ4n) is 2.56. The van der Waals surface area contributed by atoms with Gasteiger partial charge in [0.15, 0.2) is 0 Å². The maximum atomic E-state index is 12.5. The zero-order valence-electron chi connectivity index (χ0n) is 13.6. The van der Waals surface area contributed by atoms with Gasteiger partial charge >= 0.3 is 0 Å². The first-order chi connectivity index (χ1) is 11.5. The predicted octanol–water partition coefficient (Wildman–Crippen LogP) is 3.35. The number of para-hydroxylation sites is 2. The van der Waals surface area contributed by atoms with Gasteiger partial charge in [-0.3, -0.25) is 4.72 Å². The molecule has 1 fully saturated rings. The summed E-state index contributed by atoms with van der Waals surface area (Å²) in [5.74, 6) is 0.503. The lowest BCUT2D eigenvalue weighted by molar-refractivity contribution is 0.0682. The molecule has 1 unspecified atom stereocenters. The maximum Gasteiger partial charge on any atom is 0.262 e. The van der Waals surface area contributed by atoms with E-state index < -0.39 is 10.0 Å². The fraction of sp³-hybridized carbons (Fsp3) is 0.333. The second-order valence-corrected chi connectivity index (χ2v) is 7.54. The van der Waals surface area contributed by atoms with Gasteiger partial charge in [-0.25, -0.2) is 8.42 Å². The van der Waals surface area contributed by atoms with E-state index in [9.17, 15) is 8.42 Å². The second kappa shape index (κ2) is 7.23. The molecule has 24 heavy (non-hydrogen) atoms. The van der Waals surface area contributed by atoms with E-state index in [4.69, 9.17) is 9.47 Å². The van der Waals surface area contributed by atoms with Crippen LogP contribution >= 0.6 is 0 Å². The zero-order valence-corrected chi connectivity index (χ0v) is 14.4. The van der Waals surface area contributed by atoms with Gasteiger partial charge < -0.3 is 9.47 Å². The first-order valence-electron chi connectivity index (χ1n) is 7.97. The molecule has 2 aromatic rings. The van der Waals surface area contributed by atoms with Gasteiger partial charge in [-0.15, -0.1) is 0 Å². The van der Waals surface area contributed by atoms with Crippen molar-refractivity contribution >= 4 is 15.7 Å². The average Bonchev–Trinajstić information content (AvgIpc) is 3.07. The van der Waals surface area contributed by atoms with Crippen molar-refractivity contribution in [1.29, 1.82) is 0 Å². The van der Waals surface area contributed by atoms with Crippen LogP contribution in [0.4, 0.5) is 5.69 Å². The van der Waals surface area contributed by atoms with Gasteiger partial charge in [-0.2, -0.15) is 0 Å². The Kier molecular flexibility index (Phi) is 5.06. The molecule has 1 heterocycles. The van der Waals surface area contributed by atoms with Crippen LogP contribution in [0.5, 0.6) is 5.75 Å². The lowest BCUT2D eigenvalue weighted by Crippen LogP contribution is -2.18. The molecule has 1 atom stereocenters. The molecule has 0 aliphatic carbocycles. The van der Waals surface area contributed by atoms with Crippen LogP contribution in [0.15, 0.2) is 53.4 Å². The Morgan fingerprint density at radius 1 is 1.17 bits per heavy atom. The summed E-state index contributed by atoms with van der Waals surface area (Å²) in [4.78, 5) is 0.224. The summed E-state index contributed by atoms with van der Waals surface area (Å²) in [6, 6.07) is 13.8. The van der Waals surface area contributed by atoms with Crippen molar-refractivity contribution < 1.29 is 17.9 Å². The molecule has 0 spiro atoms. The number of ether oxygens (including phenoxy) is 2. The summed E-state index contributed by atoms with van der Waals surface area (Å²) in [6.45, 7) is 3.09. The molecule has 5 nitrogen and oxygen atoms in total. The van der Waals surface area contributed by atoms with Gasteiger partial charge in [0.1, 0.15) is 12.4 Å². The molecule has 0 radical (unpaired) electrons. The minimum Gasteiger partial charge on any atom is -0.489 e. The van der Waals surface area contributed by atoms with E-state index in [0.717, 1.165) is 25.0 Å². The van der Waals surface area contributed by atoms with Gasteiger partial charge in [0.2, 0.25) is 0 Å². The highest BCUT2D eigenvalue weighted by Crippen LogP contribution is 2.27. The van der Waals surface area contributed by atoms with E-state index in [1.54, 1.807) is 42.5 Å². The molecule has 0 aromatic heterocycles. The summed E-state index contributed by atoms with van der Waals surface area (Å²) < 4.78 is 39.0. The van der Waals surface area contributed by atoms with Crippen LogP contribution in [0.1, 0.15) is 18.4 Å². The monoisotopic (exact) mass is 347 g/mol. The van der Waals surface area contributed by atoms with E-state index in [2.05, 4.69) is 4.72 Å². The Labute approximate surface area is 142 Å². The van der Waals surface area contributed by atoms with Crippen LogP contribution in [0.3, 0.4) is 0 Å². The van der Waals surface area contributed by atoms with Crippen molar-refractivity contribution in [3.05, 3.63) is 54.1 Å². The lowest BCUT2D eigenvalue weighted by atomic mass is 10.2. The molecule has 0 amide bonds. The van der Waals surface area contributed by atoms with E-state index in [1.165, 1.54) is 0 Å². The Bertz CT molecular complexity index is 781. The van der Waals surface area contributed by atoms with Gasteiger partial charge in [0.05, 0.1) is 16.7 Å². The highest BCUT2D eigenvalue weighted by molar-refractivity contribution is 7.92. The number of hydrogen-bond acceptors (Lipinski definition) is 4. The lowest BCUT2D eigenvalue weighted by Gasteiger charge is -2.16. The average molecular weight is 347 g/mol.